The summed E-state index contributed by atoms with van der Waals surface area (Å²) in [4.78, 5) is 24.7. The number of benzene rings is 1. The second-order valence-corrected chi connectivity index (χ2v) is 7.52. The molecular weight excluding hydrogens is 435 g/mol. The highest BCUT2D eigenvalue weighted by Crippen LogP contribution is 2.32. The van der Waals surface area contributed by atoms with Crippen molar-refractivity contribution in [3.63, 3.8) is 0 Å². The molecule has 9 nitrogen and oxygen atoms in total. The third-order valence-corrected chi connectivity index (χ3v) is 5.28. The average Bonchev–Trinajstić information content (AvgIpc) is 3.39. The van der Waals surface area contributed by atoms with E-state index in [0.717, 1.165) is 12.1 Å². The Bertz CT molecular complexity index is 1000. The minimum absolute atomic E-state index is 0.0169. The number of rotatable bonds is 4. The van der Waals surface area contributed by atoms with Crippen LogP contribution in [0.25, 0.3) is 0 Å². The predicted molar refractivity (Wildman–Crippen MR) is 102 cm³/mol. The molecule has 0 aliphatic carbocycles. The van der Waals surface area contributed by atoms with Crippen LogP contribution in [0, 0.1) is 13.8 Å². The van der Waals surface area contributed by atoms with Crippen molar-refractivity contribution >= 4 is 17.7 Å². The van der Waals surface area contributed by atoms with Crippen LogP contribution in [-0.2, 0) is 20.4 Å². The van der Waals surface area contributed by atoms with Gasteiger partial charge >= 0.3 is 12.3 Å². The number of aryl methyl sites for hydroxylation is 2. The zero-order valence-corrected chi connectivity index (χ0v) is 17.1. The van der Waals surface area contributed by atoms with Crippen LogP contribution in [0.5, 0.6) is 0 Å². The number of aromatic nitrogens is 1. The number of nitrogens with one attached hydrogen (secondary N) is 2. The van der Waals surface area contributed by atoms with Gasteiger partial charge in [0.1, 0.15) is 23.5 Å². The van der Waals surface area contributed by atoms with Gasteiger partial charge in [0.25, 0.3) is 5.91 Å². The third kappa shape index (κ3) is 4.41. The zero-order valence-electron chi connectivity index (χ0n) is 17.1. The van der Waals surface area contributed by atoms with Crippen LogP contribution in [0.4, 0.5) is 23.7 Å². The fourth-order valence-corrected chi connectivity index (χ4v) is 3.79. The molecular formula is C20H20F3N3O6. The van der Waals surface area contributed by atoms with Gasteiger partial charge in [-0.05, 0) is 32.0 Å². The topological polar surface area (TPSA) is 112 Å². The number of fused-ring (bicyclic) bond motifs is 1. The second kappa shape index (κ2) is 8.43. The third-order valence-electron chi connectivity index (χ3n) is 5.28. The summed E-state index contributed by atoms with van der Waals surface area (Å²) in [5.74, 6) is 0.000960. The van der Waals surface area contributed by atoms with Crippen molar-refractivity contribution in [2.45, 2.75) is 44.4 Å². The van der Waals surface area contributed by atoms with Gasteiger partial charge in [-0.1, -0.05) is 11.2 Å². The quantitative estimate of drug-likeness (QED) is 0.729. The van der Waals surface area contributed by atoms with Crippen molar-refractivity contribution in [3.05, 3.63) is 46.8 Å². The Kier molecular flexibility index (Phi) is 5.82. The van der Waals surface area contributed by atoms with Crippen molar-refractivity contribution in [2.24, 2.45) is 0 Å². The molecule has 2 fully saturated rings. The summed E-state index contributed by atoms with van der Waals surface area (Å²) in [7, 11) is 0. The maximum Gasteiger partial charge on any atom is 0.416 e. The summed E-state index contributed by atoms with van der Waals surface area (Å²) in [6.45, 7) is 3.43. The fraction of sp³-hybridized carbons (Fsp3) is 0.450. The van der Waals surface area contributed by atoms with Crippen molar-refractivity contribution in [2.75, 3.05) is 18.5 Å². The highest BCUT2D eigenvalue weighted by atomic mass is 19.4. The normalized spacial score (nSPS) is 24.8. The highest BCUT2D eigenvalue weighted by molar-refractivity contribution is 5.96. The van der Waals surface area contributed by atoms with Crippen molar-refractivity contribution in [1.29, 1.82) is 0 Å². The molecule has 2 N–H and O–H groups in total. The first-order valence-electron chi connectivity index (χ1n) is 9.75. The standard InChI is InChI=1S/C20H20F3N3O6/c1-9-15(10(2)32-26-9)18(27)25-13-7-29-17-14(8-30-16(13)17)31-19(28)24-12-5-3-4-11(6-12)20(21,22)23/h3-6,13-14,16-17H,7-8H2,1-2H3,(H,24,28)(H,25,27)/t13-,14-,16-,17+/m1/s1. The van der Waals surface area contributed by atoms with Crippen LogP contribution in [0.1, 0.15) is 27.4 Å². The Labute approximate surface area is 180 Å². The summed E-state index contributed by atoms with van der Waals surface area (Å²) >= 11 is 0. The monoisotopic (exact) mass is 455 g/mol. The Morgan fingerprint density at radius 1 is 1.16 bits per heavy atom. The lowest BCUT2D eigenvalue weighted by Gasteiger charge is -2.18. The molecule has 12 heteroatoms. The number of carbonyl (C=O) groups excluding carboxylic acids is 2. The number of alkyl halides is 3. The number of amides is 2. The van der Waals surface area contributed by atoms with E-state index in [9.17, 15) is 22.8 Å². The number of carbonyl (C=O) groups is 2. The van der Waals surface area contributed by atoms with Gasteiger partial charge in [0, 0.05) is 5.69 Å². The first-order valence-corrected chi connectivity index (χ1v) is 9.75. The van der Waals surface area contributed by atoms with Crippen molar-refractivity contribution < 1.29 is 41.5 Å². The summed E-state index contributed by atoms with van der Waals surface area (Å²) in [5.41, 5.74) is -0.164. The number of nitrogens with zero attached hydrogens (tertiary/aromatic N) is 1. The summed E-state index contributed by atoms with van der Waals surface area (Å²) < 4.78 is 60.1. The summed E-state index contributed by atoms with van der Waals surface area (Å²) in [6, 6.07) is 3.72. The molecule has 4 atom stereocenters. The number of hydrogen-bond donors (Lipinski definition) is 2. The Morgan fingerprint density at radius 2 is 1.91 bits per heavy atom. The van der Waals surface area contributed by atoms with Crippen LogP contribution in [0.2, 0.25) is 0 Å². The van der Waals surface area contributed by atoms with Crippen molar-refractivity contribution in [3.8, 4) is 0 Å². The van der Waals surface area contributed by atoms with Crippen LogP contribution in [0.3, 0.4) is 0 Å². The van der Waals surface area contributed by atoms with Crippen LogP contribution in [0.15, 0.2) is 28.8 Å². The lowest BCUT2D eigenvalue weighted by molar-refractivity contribution is -0.137. The summed E-state index contributed by atoms with van der Waals surface area (Å²) in [5, 5.41) is 8.84. The first-order chi connectivity index (χ1) is 15.1. The molecule has 3 heterocycles. The zero-order chi connectivity index (χ0) is 23.0. The Balaban J connectivity index is 1.34. The van der Waals surface area contributed by atoms with Gasteiger partial charge in [-0.25, -0.2) is 4.79 Å². The predicted octanol–water partition coefficient (Wildman–Crippen LogP) is 2.82. The summed E-state index contributed by atoms with van der Waals surface area (Å²) in [6.07, 6.45) is -7.44. The van der Waals surface area contributed by atoms with E-state index in [0.29, 0.717) is 17.0 Å². The van der Waals surface area contributed by atoms with E-state index < -0.39 is 42.2 Å². The van der Waals surface area contributed by atoms with Crippen LogP contribution < -0.4 is 10.6 Å². The van der Waals surface area contributed by atoms with E-state index >= 15 is 0 Å². The minimum Gasteiger partial charge on any atom is -0.441 e. The number of halogens is 3. The molecule has 1 aromatic heterocycles. The largest absolute Gasteiger partial charge is 0.441 e. The lowest BCUT2D eigenvalue weighted by Crippen LogP contribution is -2.44. The number of ether oxygens (including phenoxy) is 3. The molecule has 4 rings (SSSR count). The van der Waals surface area contributed by atoms with Gasteiger partial charge in [0.2, 0.25) is 0 Å². The van der Waals surface area contributed by atoms with E-state index in [4.69, 9.17) is 18.7 Å². The molecule has 0 bridgehead atoms. The number of anilines is 1. The van der Waals surface area contributed by atoms with Gasteiger partial charge in [-0.2, -0.15) is 13.2 Å². The molecule has 32 heavy (non-hydrogen) atoms. The van der Waals surface area contributed by atoms with Crippen LogP contribution >= 0.6 is 0 Å². The van der Waals surface area contributed by atoms with Crippen LogP contribution in [-0.4, -0.2) is 54.7 Å². The molecule has 2 saturated heterocycles. The second-order valence-electron chi connectivity index (χ2n) is 7.52. The fourth-order valence-electron chi connectivity index (χ4n) is 3.79. The molecule has 2 aliphatic rings. The van der Waals surface area contributed by atoms with Gasteiger partial charge in [-0.15, -0.1) is 0 Å². The maximum absolute atomic E-state index is 12.8. The van der Waals surface area contributed by atoms with E-state index in [-0.39, 0.29) is 24.8 Å². The van der Waals surface area contributed by atoms with Gasteiger partial charge in [0.05, 0.1) is 30.5 Å². The molecule has 1 aromatic carbocycles. The van der Waals surface area contributed by atoms with Gasteiger partial charge in [-0.3, -0.25) is 10.1 Å². The average molecular weight is 455 g/mol. The van der Waals surface area contributed by atoms with E-state index in [1.807, 2.05) is 0 Å². The lowest BCUT2D eigenvalue weighted by atomic mass is 10.1. The molecule has 2 amide bonds. The SMILES string of the molecule is Cc1noc(C)c1C(=O)N[C@@H]1CO[C@@H]2[C@@H]1OC[C@H]2OC(=O)Nc1cccc(C(F)(F)F)c1. The van der Waals surface area contributed by atoms with Crippen molar-refractivity contribution in [1.82, 2.24) is 10.5 Å². The Morgan fingerprint density at radius 3 is 2.59 bits per heavy atom. The van der Waals surface area contributed by atoms with Gasteiger partial charge < -0.3 is 24.1 Å². The highest BCUT2D eigenvalue weighted by Gasteiger charge is 2.50. The van der Waals surface area contributed by atoms with E-state index in [2.05, 4.69) is 15.8 Å². The number of hydrogen-bond acceptors (Lipinski definition) is 7. The first kappa shape index (κ1) is 22.1. The maximum atomic E-state index is 12.8. The Hall–Kier alpha value is -3.12. The van der Waals surface area contributed by atoms with Gasteiger partial charge in [0.15, 0.2) is 6.10 Å². The molecule has 172 valence electrons. The molecule has 0 spiro atoms. The van der Waals surface area contributed by atoms with E-state index in [1.165, 1.54) is 12.1 Å². The molecule has 0 unspecified atom stereocenters. The molecule has 2 aliphatic heterocycles. The molecule has 2 aromatic rings. The molecule has 0 saturated carbocycles. The minimum atomic E-state index is -4.53. The van der Waals surface area contributed by atoms with E-state index in [1.54, 1.807) is 13.8 Å². The smallest absolute Gasteiger partial charge is 0.416 e. The molecule has 0 radical (unpaired) electrons.